The van der Waals surface area contributed by atoms with Crippen LogP contribution in [-0.4, -0.2) is 38.7 Å². The highest BCUT2D eigenvalue weighted by Gasteiger charge is 2.20. The van der Waals surface area contributed by atoms with Crippen LogP contribution >= 0.6 is 27.5 Å². The molecule has 1 rings (SSSR count). The van der Waals surface area contributed by atoms with Crippen molar-refractivity contribution in [3.05, 3.63) is 27.2 Å². The van der Waals surface area contributed by atoms with E-state index in [0.717, 1.165) is 6.07 Å². The van der Waals surface area contributed by atoms with Gasteiger partial charge in [0.05, 0.1) is 28.2 Å². The van der Waals surface area contributed by atoms with Gasteiger partial charge >= 0.3 is 5.97 Å². The first-order valence-corrected chi connectivity index (χ1v) is 8.64. The Morgan fingerprint density at radius 3 is 2.62 bits per heavy atom. The van der Waals surface area contributed by atoms with Crippen molar-refractivity contribution >= 4 is 43.5 Å². The molecule has 9 heteroatoms. The zero-order valence-corrected chi connectivity index (χ0v) is 14.5. The number of carbonyl (C=O) groups is 1. The molecule has 0 amide bonds. The fourth-order valence-corrected chi connectivity index (χ4v) is 3.30. The summed E-state index contributed by atoms with van der Waals surface area (Å²) in [7, 11) is -3.84. The van der Waals surface area contributed by atoms with Crippen molar-refractivity contribution in [2.75, 3.05) is 13.2 Å². The van der Waals surface area contributed by atoms with Crippen molar-refractivity contribution in [2.24, 2.45) is 0 Å². The molecule has 0 unspecified atom stereocenters. The van der Waals surface area contributed by atoms with Gasteiger partial charge in [0.25, 0.3) is 0 Å². The third-order valence-electron chi connectivity index (χ3n) is 2.39. The largest absolute Gasteiger partial charge is 0.478 e. The average molecular weight is 401 g/mol. The molecule has 0 aliphatic carbocycles. The van der Waals surface area contributed by atoms with Crippen molar-refractivity contribution in [1.82, 2.24) is 4.72 Å². The van der Waals surface area contributed by atoms with E-state index in [9.17, 15) is 13.2 Å². The third kappa shape index (κ3) is 5.23. The molecule has 0 radical (unpaired) electrons. The summed E-state index contributed by atoms with van der Waals surface area (Å²) < 4.78 is 31.9. The second-order valence-electron chi connectivity index (χ2n) is 4.39. The summed E-state index contributed by atoms with van der Waals surface area (Å²) in [5.74, 6) is -1.30. The van der Waals surface area contributed by atoms with E-state index in [2.05, 4.69) is 20.7 Å². The van der Waals surface area contributed by atoms with Crippen molar-refractivity contribution in [2.45, 2.75) is 24.8 Å². The monoisotopic (exact) mass is 399 g/mol. The van der Waals surface area contributed by atoms with Gasteiger partial charge in [-0.05, 0) is 41.9 Å². The normalized spacial score (nSPS) is 11.9. The van der Waals surface area contributed by atoms with Gasteiger partial charge in [-0.25, -0.2) is 17.9 Å². The van der Waals surface area contributed by atoms with E-state index in [1.807, 2.05) is 13.8 Å². The Morgan fingerprint density at radius 2 is 2.10 bits per heavy atom. The molecule has 1 aromatic rings. The first kappa shape index (κ1) is 18.4. The minimum atomic E-state index is -3.84. The molecule has 0 spiro atoms. The lowest BCUT2D eigenvalue weighted by molar-refractivity contribution is 0.0696. The molecule has 0 saturated heterocycles. The van der Waals surface area contributed by atoms with Crippen LogP contribution < -0.4 is 4.72 Å². The number of ether oxygens (including phenoxy) is 1. The lowest BCUT2D eigenvalue weighted by atomic mass is 10.2. The Labute approximate surface area is 136 Å². The van der Waals surface area contributed by atoms with Gasteiger partial charge in [0.15, 0.2) is 0 Å². The second kappa shape index (κ2) is 7.55. The molecule has 21 heavy (non-hydrogen) atoms. The van der Waals surface area contributed by atoms with Gasteiger partial charge < -0.3 is 9.84 Å². The zero-order valence-electron chi connectivity index (χ0n) is 11.4. The molecule has 118 valence electrons. The number of halogens is 2. The molecule has 0 aliphatic heterocycles. The maximum Gasteiger partial charge on any atom is 0.337 e. The van der Waals surface area contributed by atoms with Gasteiger partial charge in [-0.2, -0.15) is 0 Å². The van der Waals surface area contributed by atoms with E-state index in [4.69, 9.17) is 21.4 Å². The van der Waals surface area contributed by atoms with Crippen LogP contribution in [0.1, 0.15) is 24.2 Å². The summed E-state index contributed by atoms with van der Waals surface area (Å²) in [6.45, 7) is 3.98. The third-order valence-corrected chi connectivity index (χ3v) is 5.09. The highest BCUT2D eigenvalue weighted by Crippen LogP contribution is 2.29. The van der Waals surface area contributed by atoms with Gasteiger partial charge in [-0.1, -0.05) is 11.6 Å². The Kier molecular flexibility index (Phi) is 6.61. The molecule has 0 fully saturated rings. The maximum absolute atomic E-state index is 12.1. The molecular formula is C12H15BrClNO5S. The highest BCUT2D eigenvalue weighted by molar-refractivity contribution is 9.10. The molecular weight excluding hydrogens is 386 g/mol. The number of carboxylic acid groups (broad SMARTS) is 1. The lowest BCUT2D eigenvalue weighted by Crippen LogP contribution is -2.28. The predicted octanol–water partition coefficient (Wildman–Crippen LogP) is 2.50. The van der Waals surface area contributed by atoms with E-state index in [0.29, 0.717) is 0 Å². The number of hydrogen-bond donors (Lipinski definition) is 2. The quantitative estimate of drug-likeness (QED) is 0.686. The van der Waals surface area contributed by atoms with Crippen LogP contribution in [0.25, 0.3) is 0 Å². The van der Waals surface area contributed by atoms with Crippen molar-refractivity contribution in [1.29, 1.82) is 0 Å². The SMILES string of the molecule is CC(C)OCCNS(=O)(=O)c1cc(Br)c(Cl)c(C(=O)O)c1. The van der Waals surface area contributed by atoms with Gasteiger partial charge in [0, 0.05) is 11.0 Å². The minimum Gasteiger partial charge on any atom is -0.478 e. The lowest BCUT2D eigenvalue weighted by Gasteiger charge is -2.11. The summed E-state index contributed by atoms with van der Waals surface area (Å²) in [5, 5.41) is 8.96. The maximum atomic E-state index is 12.1. The number of benzene rings is 1. The molecule has 0 atom stereocenters. The number of sulfonamides is 1. The van der Waals surface area contributed by atoms with Crippen LogP contribution in [0.5, 0.6) is 0 Å². The molecule has 6 nitrogen and oxygen atoms in total. The summed E-state index contributed by atoms with van der Waals surface area (Å²) >= 11 is 8.86. The number of hydrogen-bond acceptors (Lipinski definition) is 4. The fraction of sp³-hybridized carbons (Fsp3) is 0.417. The number of carboxylic acids is 1. The summed E-state index contributed by atoms with van der Waals surface area (Å²) in [6.07, 6.45) is -0.00204. The smallest absolute Gasteiger partial charge is 0.337 e. The predicted molar refractivity (Wildman–Crippen MR) is 82.4 cm³/mol. The van der Waals surface area contributed by atoms with Crippen molar-refractivity contribution < 1.29 is 23.1 Å². The van der Waals surface area contributed by atoms with Crippen molar-refractivity contribution in [3.8, 4) is 0 Å². The van der Waals surface area contributed by atoms with E-state index in [1.165, 1.54) is 6.07 Å². The number of aromatic carboxylic acids is 1. The topological polar surface area (TPSA) is 92.7 Å². The van der Waals surface area contributed by atoms with Crippen LogP contribution in [0.15, 0.2) is 21.5 Å². The average Bonchev–Trinajstić information content (AvgIpc) is 2.37. The summed E-state index contributed by atoms with van der Waals surface area (Å²) in [6, 6.07) is 2.27. The Bertz CT molecular complexity index is 633. The molecule has 0 aromatic heterocycles. The van der Waals surface area contributed by atoms with Crippen LogP contribution in [0, 0.1) is 0 Å². The fourth-order valence-electron chi connectivity index (χ4n) is 1.43. The number of rotatable bonds is 7. The molecule has 2 N–H and O–H groups in total. The first-order chi connectivity index (χ1) is 9.65. The number of nitrogens with one attached hydrogen (secondary N) is 1. The standard InChI is InChI=1S/C12H15BrClNO5S/c1-7(2)20-4-3-15-21(18,19)8-5-9(12(16)17)11(14)10(13)6-8/h5-7,15H,3-4H2,1-2H3,(H,16,17). The van der Waals surface area contributed by atoms with E-state index < -0.39 is 16.0 Å². The summed E-state index contributed by atoms with van der Waals surface area (Å²) in [5.41, 5.74) is -0.287. The van der Waals surface area contributed by atoms with E-state index in [1.54, 1.807) is 0 Å². The van der Waals surface area contributed by atoms with Crippen molar-refractivity contribution in [3.63, 3.8) is 0 Å². The first-order valence-electron chi connectivity index (χ1n) is 5.98. The minimum absolute atomic E-state index is 0.00204. The van der Waals surface area contributed by atoms with Crippen LogP contribution in [0.3, 0.4) is 0 Å². The van der Waals surface area contributed by atoms with E-state index in [-0.39, 0.29) is 39.2 Å². The van der Waals surface area contributed by atoms with E-state index >= 15 is 0 Å². The Morgan fingerprint density at radius 1 is 1.48 bits per heavy atom. The van der Waals surface area contributed by atoms with Gasteiger partial charge in [-0.3, -0.25) is 0 Å². The van der Waals surface area contributed by atoms with Crippen LogP contribution in [-0.2, 0) is 14.8 Å². The van der Waals surface area contributed by atoms with Gasteiger partial charge in [0.2, 0.25) is 10.0 Å². The van der Waals surface area contributed by atoms with Crippen LogP contribution in [0.4, 0.5) is 0 Å². The van der Waals surface area contributed by atoms with Gasteiger partial charge in [0.1, 0.15) is 0 Å². The highest BCUT2D eigenvalue weighted by atomic mass is 79.9. The van der Waals surface area contributed by atoms with Gasteiger partial charge in [-0.15, -0.1) is 0 Å². The molecule has 0 bridgehead atoms. The molecule has 0 saturated carbocycles. The second-order valence-corrected chi connectivity index (χ2v) is 7.39. The van der Waals surface area contributed by atoms with Crippen LogP contribution in [0.2, 0.25) is 5.02 Å². The molecule has 0 aliphatic rings. The zero-order chi connectivity index (χ0) is 16.2. The molecule has 0 heterocycles. The Hall–Kier alpha value is -0.670. The Balaban J connectivity index is 2.96. The summed E-state index contributed by atoms with van der Waals surface area (Å²) in [4.78, 5) is 10.9. The molecule has 1 aromatic carbocycles.